The smallest absolute Gasteiger partial charge is 0.265 e. The summed E-state index contributed by atoms with van der Waals surface area (Å²) in [5.74, 6) is 1.52. The number of amides is 1. The van der Waals surface area contributed by atoms with Crippen LogP contribution >= 0.6 is 24.0 Å². The first kappa shape index (κ1) is 22.0. The molecule has 2 N–H and O–H groups in total. The van der Waals surface area contributed by atoms with Crippen LogP contribution in [0.3, 0.4) is 0 Å². The van der Waals surface area contributed by atoms with E-state index in [-0.39, 0.29) is 36.5 Å². The number of aliphatic imine (C=N–C) groups is 1. The average molecular weight is 494 g/mol. The third-order valence-corrected chi connectivity index (χ3v) is 4.59. The molecule has 0 bridgehead atoms. The number of halogens is 1. The first-order valence-corrected chi connectivity index (χ1v) is 9.20. The maximum Gasteiger partial charge on any atom is 0.265 e. The Morgan fingerprint density at radius 1 is 1.14 bits per heavy atom. The lowest BCUT2D eigenvalue weighted by Gasteiger charge is -2.29. The molecule has 0 spiro atoms. The zero-order valence-corrected chi connectivity index (χ0v) is 18.6. The van der Waals surface area contributed by atoms with Crippen LogP contribution in [0.15, 0.2) is 53.5 Å². The topological polar surface area (TPSA) is 66.0 Å². The summed E-state index contributed by atoms with van der Waals surface area (Å²) < 4.78 is 5.48. The number of guanidine groups is 1. The summed E-state index contributed by atoms with van der Waals surface area (Å²) in [5, 5.41) is 6.63. The van der Waals surface area contributed by atoms with Crippen LogP contribution in [0.1, 0.15) is 17.5 Å². The molecule has 0 aromatic heterocycles. The SMILES string of the molecule is CN=C(NCCCN1C(=O)COc2ccccc21)NCc1ccccc1C.I. The molecule has 150 valence electrons. The van der Waals surface area contributed by atoms with Gasteiger partial charge in [0.05, 0.1) is 5.69 Å². The first-order valence-electron chi connectivity index (χ1n) is 9.20. The van der Waals surface area contributed by atoms with Crippen LogP contribution in [0.4, 0.5) is 5.69 Å². The molecule has 7 heteroatoms. The summed E-state index contributed by atoms with van der Waals surface area (Å²) >= 11 is 0. The van der Waals surface area contributed by atoms with Crippen LogP contribution in [0, 0.1) is 6.92 Å². The van der Waals surface area contributed by atoms with E-state index in [1.54, 1.807) is 11.9 Å². The molecule has 2 aromatic carbocycles. The van der Waals surface area contributed by atoms with Gasteiger partial charge in [-0.25, -0.2) is 0 Å². The van der Waals surface area contributed by atoms with E-state index in [4.69, 9.17) is 4.74 Å². The summed E-state index contributed by atoms with van der Waals surface area (Å²) in [6.07, 6.45) is 0.811. The number of carbonyl (C=O) groups excluding carboxylic acids is 1. The van der Waals surface area contributed by atoms with Gasteiger partial charge in [-0.2, -0.15) is 0 Å². The number of rotatable bonds is 6. The van der Waals surface area contributed by atoms with Crippen LogP contribution in [-0.4, -0.2) is 38.6 Å². The van der Waals surface area contributed by atoms with Gasteiger partial charge in [0.1, 0.15) is 5.75 Å². The molecule has 28 heavy (non-hydrogen) atoms. The van der Waals surface area contributed by atoms with Crippen molar-refractivity contribution in [2.45, 2.75) is 19.9 Å². The molecular formula is C21H27IN4O2. The van der Waals surface area contributed by atoms with Gasteiger partial charge in [-0.05, 0) is 36.6 Å². The van der Waals surface area contributed by atoms with Gasteiger partial charge in [0, 0.05) is 26.7 Å². The second-order valence-corrected chi connectivity index (χ2v) is 6.43. The van der Waals surface area contributed by atoms with Crippen molar-refractivity contribution in [3.8, 4) is 5.75 Å². The van der Waals surface area contributed by atoms with Gasteiger partial charge >= 0.3 is 0 Å². The molecular weight excluding hydrogens is 467 g/mol. The predicted molar refractivity (Wildman–Crippen MR) is 124 cm³/mol. The highest BCUT2D eigenvalue weighted by molar-refractivity contribution is 14.0. The molecule has 0 radical (unpaired) electrons. The van der Waals surface area contributed by atoms with E-state index < -0.39 is 0 Å². The molecule has 0 saturated heterocycles. The first-order chi connectivity index (χ1) is 13.2. The second kappa shape index (κ2) is 10.9. The minimum Gasteiger partial charge on any atom is -0.482 e. The number of carbonyl (C=O) groups is 1. The van der Waals surface area contributed by atoms with E-state index in [0.29, 0.717) is 6.54 Å². The van der Waals surface area contributed by atoms with Crippen molar-refractivity contribution in [1.82, 2.24) is 10.6 Å². The minimum atomic E-state index is -0.00393. The minimum absolute atomic E-state index is 0. The third-order valence-electron chi connectivity index (χ3n) is 4.59. The number of ether oxygens (including phenoxy) is 1. The predicted octanol–water partition coefficient (Wildman–Crippen LogP) is 3.09. The Hall–Kier alpha value is -2.29. The summed E-state index contributed by atoms with van der Waals surface area (Å²) in [4.78, 5) is 18.2. The lowest BCUT2D eigenvalue weighted by Crippen LogP contribution is -2.42. The largest absolute Gasteiger partial charge is 0.482 e. The van der Waals surface area contributed by atoms with E-state index in [1.807, 2.05) is 36.4 Å². The van der Waals surface area contributed by atoms with Crippen LogP contribution in [-0.2, 0) is 11.3 Å². The Labute approximate surface area is 183 Å². The summed E-state index contributed by atoms with van der Waals surface area (Å²) in [6.45, 7) is 4.29. The lowest BCUT2D eigenvalue weighted by atomic mass is 10.1. The Morgan fingerprint density at radius 3 is 2.68 bits per heavy atom. The van der Waals surface area contributed by atoms with Gasteiger partial charge < -0.3 is 20.3 Å². The number of nitrogens with one attached hydrogen (secondary N) is 2. The molecule has 1 heterocycles. The number of hydrogen-bond donors (Lipinski definition) is 2. The molecule has 1 aliphatic heterocycles. The lowest BCUT2D eigenvalue weighted by molar-refractivity contribution is -0.121. The maximum atomic E-state index is 12.2. The van der Waals surface area contributed by atoms with Crippen LogP contribution in [0.2, 0.25) is 0 Å². The van der Waals surface area contributed by atoms with Crippen molar-refractivity contribution < 1.29 is 9.53 Å². The number of para-hydroxylation sites is 2. The standard InChI is InChI=1S/C21H26N4O2.HI/c1-16-8-3-4-9-17(16)14-24-21(22-2)23-12-7-13-25-18-10-5-6-11-19(18)27-15-20(25)26;/h3-6,8-11H,7,12-15H2,1-2H3,(H2,22,23,24);1H. The second-order valence-electron chi connectivity index (χ2n) is 6.43. The molecule has 0 unspecified atom stereocenters. The Morgan fingerprint density at radius 2 is 1.89 bits per heavy atom. The maximum absolute atomic E-state index is 12.2. The van der Waals surface area contributed by atoms with Crippen molar-refractivity contribution in [1.29, 1.82) is 0 Å². The van der Waals surface area contributed by atoms with Crippen LogP contribution in [0.25, 0.3) is 0 Å². The molecule has 6 nitrogen and oxygen atoms in total. The normalized spacial score (nSPS) is 13.3. The quantitative estimate of drug-likeness (QED) is 0.281. The molecule has 0 saturated carbocycles. The Kier molecular flexibility index (Phi) is 8.56. The molecule has 1 amide bonds. The summed E-state index contributed by atoms with van der Waals surface area (Å²) in [7, 11) is 1.76. The van der Waals surface area contributed by atoms with Crippen molar-refractivity contribution in [3.05, 3.63) is 59.7 Å². The van der Waals surface area contributed by atoms with Gasteiger partial charge in [-0.3, -0.25) is 9.79 Å². The van der Waals surface area contributed by atoms with E-state index in [0.717, 1.165) is 36.9 Å². The fourth-order valence-corrected chi connectivity index (χ4v) is 3.05. The van der Waals surface area contributed by atoms with Crippen molar-refractivity contribution in [2.75, 3.05) is 31.6 Å². The number of hydrogen-bond acceptors (Lipinski definition) is 3. The fourth-order valence-electron chi connectivity index (χ4n) is 3.05. The van der Waals surface area contributed by atoms with Gasteiger partial charge in [-0.15, -0.1) is 24.0 Å². The van der Waals surface area contributed by atoms with Crippen LogP contribution < -0.4 is 20.3 Å². The Balaban J connectivity index is 0.00000280. The van der Waals surface area contributed by atoms with Crippen molar-refractivity contribution in [2.24, 2.45) is 4.99 Å². The molecule has 2 aromatic rings. The van der Waals surface area contributed by atoms with E-state index in [9.17, 15) is 4.79 Å². The summed E-state index contributed by atoms with van der Waals surface area (Å²) in [6, 6.07) is 15.9. The number of anilines is 1. The number of nitrogens with zero attached hydrogens (tertiary/aromatic N) is 2. The summed E-state index contributed by atoms with van der Waals surface area (Å²) in [5.41, 5.74) is 3.34. The number of aryl methyl sites for hydroxylation is 1. The molecule has 0 atom stereocenters. The van der Waals surface area contributed by atoms with Crippen molar-refractivity contribution in [3.63, 3.8) is 0 Å². The highest BCUT2D eigenvalue weighted by Crippen LogP contribution is 2.31. The van der Waals surface area contributed by atoms with Gasteiger partial charge in [0.25, 0.3) is 5.91 Å². The Bertz CT molecular complexity index is 826. The van der Waals surface area contributed by atoms with E-state index >= 15 is 0 Å². The highest BCUT2D eigenvalue weighted by atomic mass is 127. The number of benzene rings is 2. The van der Waals surface area contributed by atoms with E-state index in [2.05, 4.69) is 34.7 Å². The molecule has 0 fully saturated rings. The zero-order chi connectivity index (χ0) is 19.1. The van der Waals surface area contributed by atoms with Gasteiger partial charge in [0.15, 0.2) is 12.6 Å². The van der Waals surface area contributed by atoms with Crippen molar-refractivity contribution >= 4 is 41.5 Å². The molecule has 3 rings (SSSR count). The van der Waals surface area contributed by atoms with Crippen LogP contribution in [0.5, 0.6) is 5.75 Å². The monoisotopic (exact) mass is 494 g/mol. The fraction of sp³-hybridized carbons (Fsp3) is 0.333. The zero-order valence-electron chi connectivity index (χ0n) is 16.3. The molecule has 0 aliphatic carbocycles. The average Bonchev–Trinajstić information content (AvgIpc) is 2.70. The highest BCUT2D eigenvalue weighted by Gasteiger charge is 2.24. The van der Waals surface area contributed by atoms with Gasteiger partial charge in [0.2, 0.25) is 0 Å². The van der Waals surface area contributed by atoms with E-state index in [1.165, 1.54) is 11.1 Å². The molecule has 1 aliphatic rings. The number of fused-ring (bicyclic) bond motifs is 1. The van der Waals surface area contributed by atoms with Gasteiger partial charge in [-0.1, -0.05) is 36.4 Å². The third kappa shape index (κ3) is 5.60.